The number of hydrogen-bond donors (Lipinski definition) is 2. The summed E-state index contributed by atoms with van der Waals surface area (Å²) in [6.45, 7) is 0.221. The molecule has 7 heteroatoms. The van der Waals surface area contributed by atoms with Gasteiger partial charge in [-0.3, -0.25) is 9.59 Å². The lowest BCUT2D eigenvalue weighted by atomic mass is 10.2. The number of nitrogens with zero attached hydrogens (tertiary/aromatic N) is 2. The molecule has 1 aromatic heterocycles. The van der Waals surface area contributed by atoms with E-state index in [0.29, 0.717) is 16.3 Å². The zero-order valence-electron chi connectivity index (χ0n) is 13.5. The van der Waals surface area contributed by atoms with Gasteiger partial charge in [-0.1, -0.05) is 23.7 Å². The predicted octanol–water partition coefficient (Wildman–Crippen LogP) is 2.56. The minimum Gasteiger partial charge on any atom is -0.363 e. The number of hydrogen-bond acceptors (Lipinski definition) is 4. The lowest BCUT2D eigenvalue weighted by molar-refractivity contribution is -0.116. The van der Waals surface area contributed by atoms with Gasteiger partial charge in [-0.05, 0) is 24.3 Å². The summed E-state index contributed by atoms with van der Waals surface area (Å²) in [6, 6.07) is 10.4. The molecule has 6 nitrogen and oxygen atoms in total. The molecule has 0 atom stereocenters. The van der Waals surface area contributed by atoms with Crippen molar-refractivity contribution in [3.63, 3.8) is 0 Å². The molecule has 0 spiro atoms. The van der Waals surface area contributed by atoms with Gasteiger partial charge >= 0.3 is 0 Å². The van der Waals surface area contributed by atoms with Crippen molar-refractivity contribution in [2.45, 2.75) is 6.42 Å². The van der Waals surface area contributed by atoms with Gasteiger partial charge in [0, 0.05) is 27.1 Å². The monoisotopic (exact) mass is 346 g/mol. The van der Waals surface area contributed by atoms with Crippen LogP contribution >= 0.6 is 11.6 Å². The second-order valence-corrected chi connectivity index (χ2v) is 5.74. The Hall–Kier alpha value is -2.60. The largest absolute Gasteiger partial charge is 0.363 e. The number of pyridine rings is 1. The number of carbonyl (C=O) groups excluding carboxylic acids is 2. The fourth-order valence-corrected chi connectivity index (χ4v) is 2.20. The van der Waals surface area contributed by atoms with Crippen molar-refractivity contribution in [1.82, 2.24) is 10.3 Å². The Kier molecular flexibility index (Phi) is 6.14. The van der Waals surface area contributed by atoms with Gasteiger partial charge in [0.15, 0.2) is 0 Å². The molecule has 2 aromatic rings. The van der Waals surface area contributed by atoms with E-state index in [2.05, 4.69) is 15.6 Å². The van der Waals surface area contributed by atoms with E-state index < -0.39 is 0 Å². The van der Waals surface area contributed by atoms with Gasteiger partial charge in [0.05, 0.1) is 22.5 Å². The topological polar surface area (TPSA) is 74.3 Å². The highest BCUT2D eigenvalue weighted by atomic mass is 35.5. The minimum absolute atomic E-state index is 0.158. The number of halogens is 1. The van der Waals surface area contributed by atoms with Crippen LogP contribution in [0.3, 0.4) is 0 Å². The average Bonchev–Trinajstić information content (AvgIpc) is 2.55. The third-order valence-corrected chi connectivity index (χ3v) is 3.58. The number of benzene rings is 1. The molecule has 2 N–H and O–H groups in total. The molecule has 0 saturated heterocycles. The predicted molar refractivity (Wildman–Crippen MR) is 95.6 cm³/mol. The molecular weight excluding hydrogens is 328 g/mol. The summed E-state index contributed by atoms with van der Waals surface area (Å²) in [6.07, 6.45) is 1.75. The van der Waals surface area contributed by atoms with Crippen molar-refractivity contribution in [2.24, 2.45) is 0 Å². The number of amides is 2. The van der Waals surface area contributed by atoms with Crippen molar-refractivity contribution < 1.29 is 9.59 Å². The quantitative estimate of drug-likeness (QED) is 0.843. The Labute approximate surface area is 145 Å². The van der Waals surface area contributed by atoms with E-state index in [1.807, 2.05) is 25.1 Å². The fraction of sp³-hybridized carbons (Fsp3) is 0.235. The Balaban J connectivity index is 1.79. The summed E-state index contributed by atoms with van der Waals surface area (Å²) in [5.41, 5.74) is 1.01. The van der Waals surface area contributed by atoms with Crippen molar-refractivity contribution in [3.05, 3.63) is 53.2 Å². The lowest BCUT2D eigenvalue weighted by Gasteiger charge is -2.11. The Morgan fingerprint density at radius 3 is 2.54 bits per heavy atom. The number of nitrogens with one attached hydrogen (secondary N) is 2. The van der Waals surface area contributed by atoms with Gasteiger partial charge in [-0.25, -0.2) is 4.98 Å². The van der Waals surface area contributed by atoms with Crippen LogP contribution in [-0.4, -0.2) is 37.4 Å². The van der Waals surface area contributed by atoms with Crippen LogP contribution in [0.4, 0.5) is 11.5 Å². The molecule has 1 aromatic carbocycles. The molecule has 0 fully saturated rings. The fourth-order valence-electron chi connectivity index (χ4n) is 1.98. The van der Waals surface area contributed by atoms with Crippen LogP contribution in [0.25, 0.3) is 0 Å². The molecular formula is C17H19ClN4O2. The second kappa shape index (κ2) is 8.31. The maximum absolute atomic E-state index is 12.0. The van der Waals surface area contributed by atoms with E-state index in [0.717, 1.165) is 5.82 Å². The first-order chi connectivity index (χ1) is 11.5. The highest BCUT2D eigenvalue weighted by molar-refractivity contribution is 6.33. The number of anilines is 2. The Morgan fingerprint density at radius 1 is 1.17 bits per heavy atom. The molecule has 0 aliphatic heterocycles. The average molecular weight is 347 g/mol. The maximum atomic E-state index is 12.0. The van der Waals surface area contributed by atoms with Gasteiger partial charge in [0.2, 0.25) is 5.91 Å². The lowest BCUT2D eigenvalue weighted by Crippen LogP contribution is -2.27. The number of carbonyl (C=O) groups is 2. The molecule has 2 amide bonds. The Bertz CT molecular complexity index is 717. The van der Waals surface area contributed by atoms with Crippen molar-refractivity contribution in [2.75, 3.05) is 30.9 Å². The molecule has 0 aliphatic carbocycles. The van der Waals surface area contributed by atoms with Gasteiger partial charge < -0.3 is 15.5 Å². The van der Waals surface area contributed by atoms with E-state index in [1.165, 1.54) is 0 Å². The van der Waals surface area contributed by atoms with Crippen LogP contribution in [0, 0.1) is 0 Å². The zero-order chi connectivity index (χ0) is 17.5. The van der Waals surface area contributed by atoms with E-state index >= 15 is 0 Å². The first-order valence-corrected chi connectivity index (χ1v) is 7.81. The van der Waals surface area contributed by atoms with Crippen molar-refractivity contribution in [1.29, 1.82) is 0 Å². The summed E-state index contributed by atoms with van der Waals surface area (Å²) >= 11 is 5.95. The first-order valence-electron chi connectivity index (χ1n) is 7.43. The van der Waals surface area contributed by atoms with E-state index in [-0.39, 0.29) is 24.8 Å². The van der Waals surface area contributed by atoms with E-state index in [1.54, 1.807) is 36.5 Å². The third-order valence-electron chi connectivity index (χ3n) is 3.25. The third kappa shape index (κ3) is 4.96. The molecule has 0 unspecified atom stereocenters. The maximum Gasteiger partial charge on any atom is 0.252 e. The van der Waals surface area contributed by atoms with Crippen molar-refractivity contribution >= 4 is 34.9 Å². The second-order valence-electron chi connectivity index (χ2n) is 5.33. The van der Waals surface area contributed by atoms with Crippen LogP contribution in [0.15, 0.2) is 42.6 Å². The summed E-state index contributed by atoms with van der Waals surface area (Å²) in [5, 5.41) is 5.79. The molecule has 0 aliphatic rings. The first kappa shape index (κ1) is 17.7. The molecule has 0 radical (unpaired) electrons. The van der Waals surface area contributed by atoms with Crippen LogP contribution < -0.4 is 15.5 Å². The number of rotatable bonds is 6. The molecule has 126 valence electrons. The highest BCUT2D eigenvalue weighted by Gasteiger charge is 2.10. The van der Waals surface area contributed by atoms with Gasteiger partial charge in [0.25, 0.3) is 5.91 Å². The summed E-state index contributed by atoms with van der Waals surface area (Å²) < 4.78 is 0. The summed E-state index contributed by atoms with van der Waals surface area (Å²) in [7, 11) is 3.78. The highest BCUT2D eigenvalue weighted by Crippen LogP contribution is 2.14. The molecule has 0 saturated carbocycles. The van der Waals surface area contributed by atoms with Gasteiger partial charge in [-0.15, -0.1) is 0 Å². The summed E-state index contributed by atoms with van der Waals surface area (Å²) in [5.74, 6) is 0.305. The molecule has 24 heavy (non-hydrogen) atoms. The molecule has 1 heterocycles. The minimum atomic E-state index is -0.301. The van der Waals surface area contributed by atoms with Crippen LogP contribution in [0.1, 0.15) is 16.8 Å². The SMILES string of the molecule is CN(C)c1ccc(NC(=O)CCNC(=O)c2ccccc2Cl)cn1. The number of aromatic nitrogens is 1. The Morgan fingerprint density at radius 2 is 1.92 bits per heavy atom. The zero-order valence-corrected chi connectivity index (χ0v) is 14.3. The smallest absolute Gasteiger partial charge is 0.252 e. The normalized spacial score (nSPS) is 10.1. The van der Waals surface area contributed by atoms with Gasteiger partial charge in [-0.2, -0.15) is 0 Å². The summed E-state index contributed by atoms with van der Waals surface area (Å²) in [4.78, 5) is 29.9. The van der Waals surface area contributed by atoms with Crippen LogP contribution in [-0.2, 0) is 4.79 Å². The van der Waals surface area contributed by atoms with Crippen molar-refractivity contribution in [3.8, 4) is 0 Å². The van der Waals surface area contributed by atoms with Crippen LogP contribution in [0.5, 0.6) is 0 Å². The molecule has 0 bridgehead atoms. The standard InChI is InChI=1S/C17H19ClN4O2/c1-22(2)15-8-7-12(11-20-15)21-16(23)9-10-19-17(24)13-5-3-4-6-14(13)18/h3-8,11H,9-10H2,1-2H3,(H,19,24)(H,21,23). The molecule has 2 rings (SSSR count). The van der Waals surface area contributed by atoms with E-state index in [4.69, 9.17) is 11.6 Å². The van der Waals surface area contributed by atoms with Gasteiger partial charge in [0.1, 0.15) is 5.82 Å². The van der Waals surface area contributed by atoms with Crippen LogP contribution in [0.2, 0.25) is 5.02 Å². The van der Waals surface area contributed by atoms with E-state index in [9.17, 15) is 9.59 Å².